The third kappa shape index (κ3) is 6.13. The molecule has 146 valence electrons. The number of fused-ring (bicyclic) bond motifs is 1. The van der Waals surface area contributed by atoms with E-state index in [1.54, 1.807) is 11.8 Å². The average Bonchev–Trinajstić information content (AvgIpc) is 3.16. The van der Waals surface area contributed by atoms with Gasteiger partial charge in [0.05, 0.1) is 18.1 Å². The molecule has 0 atom stereocenters. The molecule has 2 aromatic heterocycles. The second kappa shape index (κ2) is 8.70. The Bertz CT molecular complexity index is 789. The van der Waals surface area contributed by atoms with E-state index in [4.69, 9.17) is 15.0 Å². The van der Waals surface area contributed by atoms with Crippen LogP contribution in [0.4, 0.5) is 19.0 Å². The van der Waals surface area contributed by atoms with E-state index in [1.165, 1.54) is 12.4 Å². The minimum Gasteiger partial charge on any atom is -0.476 e. The van der Waals surface area contributed by atoms with Crippen molar-refractivity contribution in [2.75, 3.05) is 17.6 Å². The van der Waals surface area contributed by atoms with Crippen molar-refractivity contribution in [1.29, 1.82) is 0 Å². The van der Waals surface area contributed by atoms with Crippen LogP contribution in [-0.2, 0) is 17.8 Å². The van der Waals surface area contributed by atoms with Gasteiger partial charge >= 0.3 is 18.1 Å². The third-order valence-corrected chi connectivity index (χ3v) is 4.12. The normalized spacial score (nSPS) is 12.7. The van der Waals surface area contributed by atoms with Gasteiger partial charge < -0.3 is 20.1 Å². The number of aliphatic carboxylic acids is 1. The summed E-state index contributed by atoms with van der Waals surface area (Å²) < 4.78 is 33.9. The molecule has 27 heavy (non-hydrogen) atoms. The number of alkyl halides is 3. The maximum absolute atomic E-state index is 10.6. The van der Waals surface area contributed by atoms with Crippen molar-refractivity contribution in [3.63, 3.8) is 0 Å². The number of aryl methyl sites for hydroxylation is 1. The van der Waals surface area contributed by atoms with Crippen LogP contribution in [0.15, 0.2) is 23.7 Å². The van der Waals surface area contributed by atoms with E-state index in [0.717, 1.165) is 29.6 Å². The summed E-state index contributed by atoms with van der Waals surface area (Å²) in [4.78, 5) is 31.9. The molecular formula is C14H14F3N5O4S. The van der Waals surface area contributed by atoms with Crippen molar-refractivity contribution >= 4 is 29.5 Å². The van der Waals surface area contributed by atoms with Crippen molar-refractivity contribution in [2.24, 2.45) is 0 Å². The molecule has 1 aliphatic rings. The molecule has 0 aromatic carbocycles. The lowest BCUT2D eigenvalue weighted by Gasteiger charge is -2.03. The Morgan fingerprint density at radius 1 is 1.26 bits per heavy atom. The number of hydrogen-bond donors (Lipinski definition) is 3. The van der Waals surface area contributed by atoms with Gasteiger partial charge in [0.2, 0.25) is 0 Å². The smallest absolute Gasteiger partial charge is 0.476 e. The zero-order chi connectivity index (χ0) is 20.0. The van der Waals surface area contributed by atoms with Crippen molar-refractivity contribution in [3.05, 3.63) is 30.0 Å². The number of aromatic nitrogens is 4. The standard InChI is InChI=1S/C12H13N5O2S.C2HF3O2/c18-11(19)9-5-15-10(6-14-9)13-2-1-8-7-17-3-4-20-12(17)16-8;3-2(4,5)1(6)7/h5-7H,1-4H2,(H,13,15)(H,18,19);(H,6,7). The van der Waals surface area contributed by atoms with Gasteiger partial charge in [-0.25, -0.2) is 24.5 Å². The number of imidazole rings is 1. The van der Waals surface area contributed by atoms with E-state index in [9.17, 15) is 18.0 Å². The second-order valence-electron chi connectivity index (χ2n) is 5.13. The molecule has 2 aromatic rings. The molecule has 3 heterocycles. The number of aromatic carboxylic acids is 1. The molecule has 3 rings (SSSR count). The van der Waals surface area contributed by atoms with Crippen LogP contribution >= 0.6 is 11.8 Å². The number of anilines is 1. The SMILES string of the molecule is O=C(O)C(F)(F)F.O=C(O)c1cnc(NCCc2cn3c(n2)SCC3)cn1. The Hall–Kier alpha value is -2.83. The van der Waals surface area contributed by atoms with Gasteiger partial charge in [0.15, 0.2) is 10.9 Å². The molecular weight excluding hydrogens is 391 g/mol. The Balaban J connectivity index is 0.000000321. The van der Waals surface area contributed by atoms with Crippen LogP contribution in [-0.4, -0.2) is 60.1 Å². The summed E-state index contributed by atoms with van der Waals surface area (Å²) in [6.07, 6.45) is 0.456. The first-order chi connectivity index (χ1) is 12.7. The van der Waals surface area contributed by atoms with E-state index in [0.29, 0.717) is 12.4 Å². The zero-order valence-electron chi connectivity index (χ0n) is 13.6. The molecule has 3 N–H and O–H groups in total. The van der Waals surface area contributed by atoms with Gasteiger partial charge in [0.1, 0.15) is 5.82 Å². The summed E-state index contributed by atoms with van der Waals surface area (Å²) in [6.45, 7) is 1.71. The van der Waals surface area contributed by atoms with E-state index < -0.39 is 18.1 Å². The molecule has 0 amide bonds. The molecule has 1 aliphatic heterocycles. The molecule has 13 heteroatoms. The Labute approximate surface area is 154 Å². The number of thioether (sulfide) groups is 1. The number of nitrogens with zero attached hydrogens (tertiary/aromatic N) is 4. The fourth-order valence-corrected chi connectivity index (χ4v) is 2.89. The Kier molecular flexibility index (Phi) is 6.60. The summed E-state index contributed by atoms with van der Waals surface area (Å²) in [7, 11) is 0. The fraction of sp³-hybridized carbons (Fsp3) is 0.357. The molecule has 0 fully saturated rings. The van der Waals surface area contributed by atoms with Crippen LogP contribution in [0.2, 0.25) is 0 Å². The van der Waals surface area contributed by atoms with Crippen molar-refractivity contribution < 1.29 is 33.0 Å². The van der Waals surface area contributed by atoms with Gasteiger partial charge in [-0.2, -0.15) is 13.2 Å². The molecule has 0 unspecified atom stereocenters. The van der Waals surface area contributed by atoms with Gasteiger partial charge in [-0.05, 0) is 0 Å². The molecule has 9 nitrogen and oxygen atoms in total. The lowest BCUT2D eigenvalue weighted by atomic mass is 10.3. The van der Waals surface area contributed by atoms with Crippen LogP contribution in [0.5, 0.6) is 0 Å². The predicted octanol–water partition coefficient (Wildman–Crippen LogP) is 1.76. The largest absolute Gasteiger partial charge is 0.490 e. The predicted molar refractivity (Wildman–Crippen MR) is 87.8 cm³/mol. The third-order valence-electron chi connectivity index (χ3n) is 3.15. The summed E-state index contributed by atoms with van der Waals surface area (Å²) in [5, 5.41) is 20.0. The lowest BCUT2D eigenvalue weighted by Crippen LogP contribution is -2.21. The number of carbonyl (C=O) groups is 2. The number of halogens is 3. The van der Waals surface area contributed by atoms with Crippen LogP contribution in [0, 0.1) is 0 Å². The van der Waals surface area contributed by atoms with Gasteiger partial charge in [0.25, 0.3) is 0 Å². The number of nitrogens with one attached hydrogen (secondary N) is 1. The first-order valence-electron chi connectivity index (χ1n) is 7.45. The lowest BCUT2D eigenvalue weighted by molar-refractivity contribution is -0.192. The number of rotatable bonds is 5. The van der Waals surface area contributed by atoms with Gasteiger partial charge in [-0.3, -0.25) is 0 Å². The second-order valence-corrected chi connectivity index (χ2v) is 6.19. The summed E-state index contributed by atoms with van der Waals surface area (Å²) in [6, 6.07) is 0. The Morgan fingerprint density at radius 2 is 1.96 bits per heavy atom. The average molecular weight is 405 g/mol. The first-order valence-corrected chi connectivity index (χ1v) is 8.43. The molecule has 0 saturated heterocycles. The van der Waals surface area contributed by atoms with Crippen LogP contribution < -0.4 is 5.32 Å². The van der Waals surface area contributed by atoms with Crippen LogP contribution in [0.1, 0.15) is 16.2 Å². The highest BCUT2D eigenvalue weighted by molar-refractivity contribution is 7.99. The molecule has 0 aliphatic carbocycles. The molecule has 0 spiro atoms. The van der Waals surface area contributed by atoms with E-state index in [1.807, 2.05) is 0 Å². The van der Waals surface area contributed by atoms with Gasteiger partial charge in [-0.15, -0.1) is 0 Å². The number of hydrogen-bond acceptors (Lipinski definition) is 7. The molecule has 0 saturated carbocycles. The molecule has 0 radical (unpaired) electrons. The van der Waals surface area contributed by atoms with E-state index in [2.05, 4.69) is 31.0 Å². The summed E-state index contributed by atoms with van der Waals surface area (Å²) in [5.74, 6) is -2.16. The van der Waals surface area contributed by atoms with E-state index >= 15 is 0 Å². The maximum Gasteiger partial charge on any atom is 0.490 e. The highest BCUT2D eigenvalue weighted by Gasteiger charge is 2.38. The first kappa shape index (κ1) is 20.5. The van der Waals surface area contributed by atoms with Crippen molar-refractivity contribution in [3.8, 4) is 0 Å². The summed E-state index contributed by atoms with van der Waals surface area (Å²) >= 11 is 1.78. The molecule has 0 bridgehead atoms. The van der Waals surface area contributed by atoms with Crippen LogP contribution in [0.25, 0.3) is 0 Å². The monoisotopic (exact) mass is 405 g/mol. The van der Waals surface area contributed by atoms with Crippen molar-refractivity contribution in [2.45, 2.75) is 24.3 Å². The topological polar surface area (TPSA) is 130 Å². The highest BCUT2D eigenvalue weighted by atomic mass is 32.2. The van der Waals surface area contributed by atoms with Gasteiger partial charge in [0, 0.05) is 31.5 Å². The zero-order valence-corrected chi connectivity index (χ0v) is 14.4. The van der Waals surface area contributed by atoms with Gasteiger partial charge in [-0.1, -0.05) is 11.8 Å². The minimum absolute atomic E-state index is 0.0573. The van der Waals surface area contributed by atoms with Crippen LogP contribution in [0.3, 0.4) is 0 Å². The van der Waals surface area contributed by atoms with Crippen molar-refractivity contribution in [1.82, 2.24) is 19.5 Å². The quantitative estimate of drug-likeness (QED) is 0.681. The highest BCUT2D eigenvalue weighted by Crippen LogP contribution is 2.24. The minimum atomic E-state index is -5.08. The van der Waals surface area contributed by atoms with E-state index in [-0.39, 0.29) is 5.69 Å². The Morgan fingerprint density at radius 3 is 2.48 bits per heavy atom. The maximum atomic E-state index is 10.6. The number of carboxylic acid groups (broad SMARTS) is 2. The number of carboxylic acids is 2. The fourth-order valence-electron chi connectivity index (χ4n) is 1.93. The summed E-state index contributed by atoms with van der Waals surface area (Å²) in [5.41, 5.74) is 0.993.